The topological polar surface area (TPSA) is 56.7 Å². The number of halogens is 1. The van der Waals surface area contributed by atoms with Gasteiger partial charge < -0.3 is 5.73 Å². The molecule has 1 saturated heterocycles. The van der Waals surface area contributed by atoms with Gasteiger partial charge in [0.2, 0.25) is 5.95 Å². The number of aromatic nitrogens is 3. The summed E-state index contributed by atoms with van der Waals surface area (Å²) in [4.78, 5) is 3.99. The van der Waals surface area contributed by atoms with Crippen LogP contribution in [0.3, 0.4) is 0 Å². The van der Waals surface area contributed by atoms with E-state index in [1.807, 2.05) is 16.4 Å². The van der Waals surface area contributed by atoms with Gasteiger partial charge in [-0.1, -0.05) is 0 Å². The van der Waals surface area contributed by atoms with Crippen molar-refractivity contribution in [3.05, 3.63) is 4.73 Å². The smallest absolute Gasteiger partial charge is 0.240 e. The molecule has 2 N–H and O–H groups in total. The van der Waals surface area contributed by atoms with Gasteiger partial charge in [-0.2, -0.15) is 16.7 Å². The molecule has 2 heterocycles. The first kappa shape index (κ1) is 8.37. The molecule has 1 aromatic rings. The summed E-state index contributed by atoms with van der Waals surface area (Å²) in [7, 11) is 0. The van der Waals surface area contributed by atoms with Crippen molar-refractivity contribution >= 4 is 33.6 Å². The quantitative estimate of drug-likeness (QED) is 0.815. The first-order valence-electron chi connectivity index (χ1n) is 3.72. The molecule has 6 heteroatoms. The maximum absolute atomic E-state index is 5.47. The highest BCUT2D eigenvalue weighted by Crippen LogP contribution is 2.29. The van der Waals surface area contributed by atoms with Crippen LogP contribution in [0.4, 0.5) is 5.95 Å². The van der Waals surface area contributed by atoms with Crippen LogP contribution >= 0.6 is 27.7 Å². The van der Waals surface area contributed by atoms with Crippen LogP contribution in [0.15, 0.2) is 4.73 Å². The summed E-state index contributed by atoms with van der Waals surface area (Å²) in [6.07, 6.45) is 1.16. The highest BCUT2D eigenvalue weighted by Gasteiger charge is 2.20. The Kier molecular flexibility index (Phi) is 2.27. The zero-order chi connectivity index (χ0) is 8.55. The van der Waals surface area contributed by atoms with E-state index in [9.17, 15) is 0 Å². The van der Waals surface area contributed by atoms with Gasteiger partial charge in [0.15, 0.2) is 4.73 Å². The molecule has 0 bridgehead atoms. The fourth-order valence-electron chi connectivity index (χ4n) is 1.27. The summed E-state index contributed by atoms with van der Waals surface area (Å²) in [5.74, 6) is 2.66. The molecule has 66 valence electrons. The van der Waals surface area contributed by atoms with Gasteiger partial charge in [0, 0.05) is 5.75 Å². The molecular formula is C6H9BrN4S. The minimum atomic E-state index is 0.346. The maximum atomic E-state index is 5.47. The standard InChI is InChI=1S/C6H9BrN4S/c7-5-9-6(8)10-11(5)4-1-2-12-3-4/h4H,1-3H2,(H2,8,10). The van der Waals surface area contributed by atoms with Crippen LogP contribution in [0.25, 0.3) is 0 Å². The zero-order valence-corrected chi connectivity index (χ0v) is 8.81. The van der Waals surface area contributed by atoms with Gasteiger partial charge in [-0.3, -0.25) is 0 Å². The largest absolute Gasteiger partial charge is 0.366 e. The Hall–Kier alpha value is -0.230. The third kappa shape index (κ3) is 1.45. The summed E-state index contributed by atoms with van der Waals surface area (Å²) in [6, 6.07) is 0.467. The molecule has 1 aromatic heterocycles. The monoisotopic (exact) mass is 248 g/mol. The first-order chi connectivity index (χ1) is 5.77. The van der Waals surface area contributed by atoms with Gasteiger partial charge >= 0.3 is 0 Å². The summed E-state index contributed by atoms with van der Waals surface area (Å²) >= 11 is 5.27. The molecule has 1 fully saturated rings. The molecule has 12 heavy (non-hydrogen) atoms. The Morgan fingerprint density at radius 3 is 3.00 bits per heavy atom. The fraction of sp³-hybridized carbons (Fsp3) is 0.667. The van der Waals surface area contributed by atoms with Crippen LogP contribution in [-0.4, -0.2) is 26.3 Å². The second-order valence-electron chi connectivity index (χ2n) is 2.70. The lowest BCUT2D eigenvalue weighted by molar-refractivity contribution is 0.491. The van der Waals surface area contributed by atoms with Crippen LogP contribution in [0.2, 0.25) is 0 Å². The van der Waals surface area contributed by atoms with Gasteiger partial charge in [0.05, 0.1) is 6.04 Å². The molecule has 1 aliphatic rings. The third-order valence-corrected chi connectivity index (χ3v) is 3.54. The lowest BCUT2D eigenvalue weighted by atomic mass is 10.3. The lowest BCUT2D eigenvalue weighted by Gasteiger charge is -2.07. The molecule has 0 spiro atoms. The van der Waals surface area contributed by atoms with E-state index in [0.717, 1.165) is 16.9 Å². The molecular weight excluding hydrogens is 240 g/mol. The predicted molar refractivity (Wildman–Crippen MR) is 53.1 cm³/mol. The number of rotatable bonds is 1. The molecule has 1 atom stereocenters. The molecule has 0 aromatic carbocycles. The average Bonchev–Trinajstić information content (AvgIpc) is 2.58. The van der Waals surface area contributed by atoms with Crippen molar-refractivity contribution in [2.24, 2.45) is 0 Å². The molecule has 2 rings (SSSR count). The number of nitrogen functional groups attached to an aromatic ring is 1. The van der Waals surface area contributed by atoms with Crippen molar-refractivity contribution in [3.8, 4) is 0 Å². The zero-order valence-electron chi connectivity index (χ0n) is 6.40. The SMILES string of the molecule is Nc1nc(Br)n(C2CCSC2)n1. The highest BCUT2D eigenvalue weighted by atomic mass is 79.9. The van der Waals surface area contributed by atoms with Crippen LogP contribution in [-0.2, 0) is 0 Å². The second-order valence-corrected chi connectivity index (χ2v) is 4.56. The Bertz CT molecular complexity index is 281. The van der Waals surface area contributed by atoms with Crippen LogP contribution in [0, 0.1) is 0 Å². The van der Waals surface area contributed by atoms with Crippen LogP contribution in [0.1, 0.15) is 12.5 Å². The molecule has 0 aliphatic carbocycles. The summed E-state index contributed by atoms with van der Waals surface area (Å²) in [5.41, 5.74) is 5.47. The van der Waals surface area contributed by atoms with Crippen LogP contribution in [0.5, 0.6) is 0 Å². The van der Waals surface area contributed by atoms with E-state index in [1.165, 1.54) is 5.75 Å². The van der Waals surface area contributed by atoms with E-state index in [4.69, 9.17) is 5.73 Å². The number of nitrogens with zero attached hydrogens (tertiary/aromatic N) is 3. The van der Waals surface area contributed by atoms with Crippen LogP contribution < -0.4 is 5.73 Å². The second kappa shape index (κ2) is 3.26. The number of hydrogen-bond acceptors (Lipinski definition) is 4. The number of thioether (sulfide) groups is 1. The lowest BCUT2D eigenvalue weighted by Crippen LogP contribution is -2.10. The van der Waals surface area contributed by atoms with Crippen molar-refractivity contribution < 1.29 is 0 Å². The molecule has 0 saturated carbocycles. The average molecular weight is 249 g/mol. The molecule has 0 radical (unpaired) electrons. The molecule has 4 nitrogen and oxygen atoms in total. The van der Waals surface area contributed by atoms with E-state index in [-0.39, 0.29) is 0 Å². The van der Waals surface area contributed by atoms with Gasteiger partial charge in [0.25, 0.3) is 0 Å². The summed E-state index contributed by atoms with van der Waals surface area (Å²) in [5, 5.41) is 4.12. The minimum absolute atomic E-state index is 0.346. The maximum Gasteiger partial charge on any atom is 0.240 e. The van der Waals surface area contributed by atoms with Crippen molar-refractivity contribution in [1.29, 1.82) is 0 Å². The minimum Gasteiger partial charge on any atom is -0.366 e. The molecule has 0 amide bonds. The number of anilines is 1. The Morgan fingerprint density at radius 1 is 1.67 bits per heavy atom. The molecule has 1 unspecified atom stereocenters. The molecule has 1 aliphatic heterocycles. The van der Waals surface area contributed by atoms with E-state index in [0.29, 0.717) is 12.0 Å². The normalized spacial score (nSPS) is 23.2. The van der Waals surface area contributed by atoms with E-state index >= 15 is 0 Å². The van der Waals surface area contributed by atoms with Crippen molar-refractivity contribution in [1.82, 2.24) is 14.8 Å². The number of hydrogen-bond donors (Lipinski definition) is 1. The van der Waals surface area contributed by atoms with E-state index < -0.39 is 0 Å². The predicted octanol–water partition coefficient (Wildman–Crippen LogP) is 1.30. The van der Waals surface area contributed by atoms with Crippen molar-refractivity contribution in [3.63, 3.8) is 0 Å². The fourth-order valence-corrected chi connectivity index (χ4v) is 3.00. The summed E-state index contributed by atoms with van der Waals surface area (Å²) in [6.45, 7) is 0. The Morgan fingerprint density at radius 2 is 2.50 bits per heavy atom. The van der Waals surface area contributed by atoms with Crippen molar-refractivity contribution in [2.45, 2.75) is 12.5 Å². The highest BCUT2D eigenvalue weighted by molar-refractivity contribution is 9.10. The first-order valence-corrected chi connectivity index (χ1v) is 5.67. The van der Waals surface area contributed by atoms with Crippen molar-refractivity contribution in [2.75, 3.05) is 17.2 Å². The summed E-state index contributed by atoms with van der Waals surface area (Å²) < 4.78 is 2.61. The Balaban J connectivity index is 2.25. The van der Waals surface area contributed by atoms with E-state index in [1.54, 1.807) is 0 Å². The van der Waals surface area contributed by atoms with Gasteiger partial charge in [0.1, 0.15) is 0 Å². The third-order valence-electron chi connectivity index (χ3n) is 1.86. The Labute approximate surface area is 83.0 Å². The van der Waals surface area contributed by atoms with Gasteiger partial charge in [-0.25, -0.2) is 4.68 Å². The van der Waals surface area contributed by atoms with E-state index in [2.05, 4.69) is 26.0 Å². The van der Waals surface area contributed by atoms with Gasteiger partial charge in [-0.15, -0.1) is 5.10 Å². The van der Waals surface area contributed by atoms with Gasteiger partial charge in [-0.05, 0) is 28.1 Å². The number of nitrogens with two attached hydrogens (primary N) is 1.